The molecule has 4 heterocycles. The van der Waals surface area contributed by atoms with Crippen molar-refractivity contribution < 1.29 is 14.2 Å². The largest absolute Gasteiger partial charge is 0.472 e. The van der Waals surface area contributed by atoms with E-state index in [2.05, 4.69) is 19.9 Å². The maximum absolute atomic E-state index is 12.3. The summed E-state index contributed by atoms with van der Waals surface area (Å²) in [5.74, 6) is 0.958. The first kappa shape index (κ1) is 16.7. The normalized spacial score (nSPS) is 20.3. The summed E-state index contributed by atoms with van der Waals surface area (Å²) in [6.45, 7) is 3.74. The van der Waals surface area contributed by atoms with Crippen molar-refractivity contribution in [3.05, 3.63) is 22.6 Å². The van der Waals surface area contributed by atoms with E-state index in [4.69, 9.17) is 19.9 Å². The van der Waals surface area contributed by atoms with Crippen LogP contribution >= 0.6 is 0 Å². The number of ether oxygens (including phenoxy) is 3. The van der Waals surface area contributed by atoms with Crippen molar-refractivity contribution >= 4 is 11.9 Å². The molecule has 2 aromatic rings. The van der Waals surface area contributed by atoms with Gasteiger partial charge in [-0.15, -0.1) is 0 Å². The molecule has 0 bridgehead atoms. The zero-order valence-corrected chi connectivity index (χ0v) is 14.2. The van der Waals surface area contributed by atoms with E-state index in [1.807, 2.05) is 4.90 Å². The number of H-pyrrole nitrogens is 1. The van der Waals surface area contributed by atoms with E-state index in [0.29, 0.717) is 62.6 Å². The molecule has 0 radical (unpaired) electrons. The fourth-order valence-electron chi connectivity index (χ4n) is 2.88. The molecule has 3 N–H and O–H groups in total. The monoisotopic (exact) mass is 360 g/mol. The van der Waals surface area contributed by atoms with Crippen LogP contribution in [0.2, 0.25) is 0 Å². The van der Waals surface area contributed by atoms with E-state index < -0.39 is 0 Å². The van der Waals surface area contributed by atoms with E-state index >= 15 is 0 Å². The minimum absolute atomic E-state index is 0.0563. The van der Waals surface area contributed by atoms with Gasteiger partial charge in [0.25, 0.3) is 5.56 Å². The van der Waals surface area contributed by atoms with E-state index in [9.17, 15) is 4.79 Å². The van der Waals surface area contributed by atoms with Gasteiger partial charge in [0, 0.05) is 31.8 Å². The van der Waals surface area contributed by atoms with Crippen LogP contribution in [-0.2, 0) is 9.47 Å². The lowest BCUT2D eigenvalue weighted by Crippen LogP contribution is -2.37. The minimum atomic E-state index is -0.362. The molecule has 2 fully saturated rings. The van der Waals surface area contributed by atoms with Crippen molar-refractivity contribution in [2.24, 2.45) is 0 Å². The lowest BCUT2D eigenvalue weighted by Gasteiger charge is -2.27. The molecule has 2 aliphatic heterocycles. The summed E-state index contributed by atoms with van der Waals surface area (Å²) in [5.41, 5.74) is 5.91. The number of aromatic nitrogens is 4. The Labute approximate surface area is 149 Å². The van der Waals surface area contributed by atoms with Crippen LogP contribution in [0.1, 0.15) is 6.42 Å². The molecule has 10 heteroatoms. The van der Waals surface area contributed by atoms with Gasteiger partial charge in [-0.2, -0.15) is 4.98 Å². The third-order valence-electron chi connectivity index (χ3n) is 4.26. The van der Waals surface area contributed by atoms with Gasteiger partial charge in [0.2, 0.25) is 11.8 Å². The van der Waals surface area contributed by atoms with Gasteiger partial charge in [0.1, 0.15) is 6.10 Å². The number of rotatable bonds is 4. The van der Waals surface area contributed by atoms with Crippen molar-refractivity contribution in [3.8, 4) is 17.1 Å². The van der Waals surface area contributed by atoms with E-state index in [-0.39, 0.29) is 17.6 Å². The third kappa shape index (κ3) is 3.60. The predicted molar refractivity (Wildman–Crippen MR) is 93.2 cm³/mol. The lowest BCUT2D eigenvalue weighted by atomic mass is 10.2. The Morgan fingerprint density at radius 1 is 1.23 bits per heavy atom. The van der Waals surface area contributed by atoms with Crippen LogP contribution in [-0.4, -0.2) is 65.6 Å². The molecule has 0 spiro atoms. The maximum atomic E-state index is 12.3. The molecule has 2 aromatic heterocycles. The van der Waals surface area contributed by atoms with Crippen molar-refractivity contribution in [2.75, 3.05) is 50.2 Å². The van der Waals surface area contributed by atoms with E-state index in [0.717, 1.165) is 6.42 Å². The first-order chi connectivity index (χ1) is 12.7. The molecule has 0 amide bonds. The topological polar surface area (TPSA) is 128 Å². The summed E-state index contributed by atoms with van der Waals surface area (Å²) in [7, 11) is 0. The summed E-state index contributed by atoms with van der Waals surface area (Å²) < 4.78 is 16.7. The number of aromatic amines is 1. The fourth-order valence-corrected chi connectivity index (χ4v) is 2.88. The molecule has 0 saturated carbocycles. The molecular formula is C16H20N6O4. The second-order valence-corrected chi connectivity index (χ2v) is 6.11. The first-order valence-electron chi connectivity index (χ1n) is 8.50. The fraction of sp³-hybridized carbons (Fsp3) is 0.500. The van der Waals surface area contributed by atoms with Crippen LogP contribution in [0, 0.1) is 0 Å². The van der Waals surface area contributed by atoms with Gasteiger partial charge in [-0.05, 0) is 0 Å². The third-order valence-corrected chi connectivity index (χ3v) is 4.26. The van der Waals surface area contributed by atoms with Gasteiger partial charge in [-0.1, -0.05) is 0 Å². The van der Waals surface area contributed by atoms with Crippen LogP contribution in [0.3, 0.4) is 0 Å². The number of nitrogens with one attached hydrogen (secondary N) is 1. The van der Waals surface area contributed by atoms with Crippen molar-refractivity contribution in [1.82, 2.24) is 19.9 Å². The summed E-state index contributed by atoms with van der Waals surface area (Å²) >= 11 is 0. The Balaban J connectivity index is 1.72. The molecule has 2 saturated heterocycles. The number of nitrogen functional groups attached to an aromatic ring is 1. The number of hydrogen-bond acceptors (Lipinski definition) is 9. The maximum Gasteiger partial charge on any atom is 0.261 e. The lowest BCUT2D eigenvalue weighted by molar-refractivity contribution is 0.121. The van der Waals surface area contributed by atoms with E-state index in [1.165, 1.54) is 6.20 Å². The SMILES string of the molecule is Nc1ncc(-c2cc(OC3CCOC3)nc(N3CCOCC3)n2)c(=O)[nH]1. The number of anilines is 2. The van der Waals surface area contributed by atoms with E-state index in [1.54, 1.807) is 6.07 Å². The summed E-state index contributed by atoms with van der Waals surface area (Å²) in [6.07, 6.45) is 2.15. The zero-order valence-electron chi connectivity index (χ0n) is 14.2. The van der Waals surface area contributed by atoms with Crippen LogP contribution in [0.4, 0.5) is 11.9 Å². The van der Waals surface area contributed by atoms with Crippen LogP contribution in [0.25, 0.3) is 11.3 Å². The van der Waals surface area contributed by atoms with Gasteiger partial charge in [-0.25, -0.2) is 9.97 Å². The highest BCUT2D eigenvalue weighted by molar-refractivity contribution is 5.60. The molecule has 1 atom stereocenters. The van der Waals surface area contributed by atoms with Gasteiger partial charge in [0.05, 0.1) is 37.7 Å². The highest BCUT2D eigenvalue weighted by Gasteiger charge is 2.22. The molecule has 0 aliphatic carbocycles. The van der Waals surface area contributed by atoms with Crippen LogP contribution < -0.4 is 20.9 Å². The first-order valence-corrected chi connectivity index (χ1v) is 8.50. The highest BCUT2D eigenvalue weighted by atomic mass is 16.5. The average Bonchev–Trinajstić information content (AvgIpc) is 3.15. The molecule has 10 nitrogen and oxygen atoms in total. The summed E-state index contributed by atoms with van der Waals surface area (Å²) in [6, 6.07) is 1.64. The Morgan fingerprint density at radius 2 is 2.08 bits per heavy atom. The van der Waals surface area contributed by atoms with Gasteiger partial charge in [0.15, 0.2) is 5.95 Å². The predicted octanol–water partition coefficient (Wildman–Crippen LogP) is -0.187. The molecule has 26 heavy (non-hydrogen) atoms. The zero-order chi connectivity index (χ0) is 17.9. The standard InChI is InChI=1S/C16H20N6O4/c17-15-18-8-11(14(23)21-15)12-7-13(26-10-1-4-25-9-10)20-16(19-12)22-2-5-24-6-3-22/h7-8,10H,1-6,9H2,(H3,17,18,21,23). The Kier molecular flexibility index (Phi) is 4.67. The molecule has 0 aromatic carbocycles. The molecule has 2 aliphatic rings. The van der Waals surface area contributed by atoms with Crippen molar-refractivity contribution in [3.63, 3.8) is 0 Å². The van der Waals surface area contributed by atoms with Gasteiger partial charge < -0.3 is 24.8 Å². The molecule has 1 unspecified atom stereocenters. The summed E-state index contributed by atoms with van der Waals surface area (Å²) in [5, 5.41) is 0. The second kappa shape index (κ2) is 7.26. The Morgan fingerprint density at radius 3 is 2.81 bits per heavy atom. The Hall–Kier alpha value is -2.72. The second-order valence-electron chi connectivity index (χ2n) is 6.11. The van der Waals surface area contributed by atoms with Crippen molar-refractivity contribution in [2.45, 2.75) is 12.5 Å². The van der Waals surface area contributed by atoms with Gasteiger partial charge in [-0.3, -0.25) is 9.78 Å². The van der Waals surface area contributed by atoms with Crippen molar-refractivity contribution in [1.29, 1.82) is 0 Å². The van der Waals surface area contributed by atoms with Gasteiger partial charge >= 0.3 is 0 Å². The molecule has 4 rings (SSSR count). The number of morpholine rings is 1. The minimum Gasteiger partial charge on any atom is -0.472 e. The number of hydrogen-bond donors (Lipinski definition) is 2. The molecular weight excluding hydrogens is 340 g/mol. The summed E-state index contributed by atoms with van der Waals surface area (Å²) in [4.78, 5) is 29.8. The van der Waals surface area contributed by atoms with Crippen LogP contribution in [0.15, 0.2) is 17.1 Å². The number of nitrogens with zero attached hydrogens (tertiary/aromatic N) is 4. The molecule has 138 valence electrons. The van der Waals surface area contributed by atoms with Crippen LogP contribution in [0.5, 0.6) is 5.88 Å². The number of nitrogens with two attached hydrogens (primary N) is 1. The highest BCUT2D eigenvalue weighted by Crippen LogP contribution is 2.24. The quantitative estimate of drug-likeness (QED) is 0.762. The smallest absolute Gasteiger partial charge is 0.261 e. The average molecular weight is 360 g/mol. The Bertz CT molecular complexity index is 830.